The summed E-state index contributed by atoms with van der Waals surface area (Å²) in [6.07, 6.45) is 0. The third-order valence-corrected chi connectivity index (χ3v) is 5.96. The third kappa shape index (κ3) is 5.55. The first-order chi connectivity index (χ1) is 14.0. The van der Waals surface area contributed by atoms with E-state index in [4.69, 9.17) is 4.74 Å². The van der Waals surface area contributed by atoms with E-state index in [0.29, 0.717) is 26.5 Å². The second-order valence-electron chi connectivity index (χ2n) is 6.08. The van der Waals surface area contributed by atoms with Crippen LogP contribution in [0.1, 0.15) is 24.2 Å². The van der Waals surface area contributed by atoms with Crippen LogP contribution in [0.4, 0.5) is 16.5 Å². The van der Waals surface area contributed by atoms with Crippen molar-refractivity contribution in [3.63, 3.8) is 0 Å². The van der Waals surface area contributed by atoms with E-state index in [1.54, 1.807) is 38.3 Å². The summed E-state index contributed by atoms with van der Waals surface area (Å²) in [4.78, 5) is 24.0. The van der Waals surface area contributed by atoms with Crippen molar-refractivity contribution in [1.82, 2.24) is 10.2 Å². The highest BCUT2D eigenvalue weighted by Crippen LogP contribution is 2.33. The molecule has 0 aliphatic carbocycles. The molecule has 0 spiro atoms. The van der Waals surface area contributed by atoms with E-state index in [1.807, 2.05) is 24.3 Å². The van der Waals surface area contributed by atoms with Crippen LogP contribution in [0.15, 0.2) is 52.9 Å². The van der Waals surface area contributed by atoms with Crippen molar-refractivity contribution in [3.05, 3.63) is 54.1 Å². The molecule has 0 fully saturated rings. The smallest absolute Gasteiger partial charge is 0.237 e. The molecule has 0 bridgehead atoms. The largest absolute Gasteiger partial charge is 0.495 e. The van der Waals surface area contributed by atoms with E-state index in [9.17, 15) is 9.59 Å². The van der Waals surface area contributed by atoms with Crippen LogP contribution in [-0.4, -0.2) is 34.2 Å². The Kier molecular flexibility index (Phi) is 6.84. The molecule has 9 heteroatoms. The van der Waals surface area contributed by atoms with E-state index in [2.05, 4.69) is 20.8 Å². The van der Waals surface area contributed by atoms with Crippen LogP contribution in [0.2, 0.25) is 0 Å². The summed E-state index contributed by atoms with van der Waals surface area (Å²) in [6.45, 7) is 3.29. The minimum atomic E-state index is -0.386. The van der Waals surface area contributed by atoms with Gasteiger partial charge in [0.1, 0.15) is 5.75 Å². The highest BCUT2D eigenvalue weighted by atomic mass is 32.2. The van der Waals surface area contributed by atoms with Crippen LogP contribution >= 0.6 is 23.1 Å². The van der Waals surface area contributed by atoms with Gasteiger partial charge in [-0.25, -0.2) is 0 Å². The van der Waals surface area contributed by atoms with Gasteiger partial charge in [-0.1, -0.05) is 47.4 Å². The first-order valence-corrected chi connectivity index (χ1v) is 10.5. The van der Waals surface area contributed by atoms with Crippen LogP contribution in [0.25, 0.3) is 0 Å². The molecule has 7 nitrogen and oxygen atoms in total. The molecular formula is C20H20N4O3S2. The molecule has 3 aromatic rings. The number of ketones is 1. The van der Waals surface area contributed by atoms with Crippen LogP contribution in [-0.2, 0) is 4.79 Å². The first kappa shape index (κ1) is 20.8. The van der Waals surface area contributed by atoms with Gasteiger partial charge in [0, 0.05) is 11.3 Å². The van der Waals surface area contributed by atoms with Gasteiger partial charge in [-0.05, 0) is 38.1 Å². The van der Waals surface area contributed by atoms with E-state index < -0.39 is 0 Å². The van der Waals surface area contributed by atoms with Gasteiger partial charge < -0.3 is 15.4 Å². The van der Waals surface area contributed by atoms with Crippen molar-refractivity contribution in [2.75, 3.05) is 17.7 Å². The van der Waals surface area contributed by atoms with Gasteiger partial charge >= 0.3 is 0 Å². The number of benzene rings is 2. The van der Waals surface area contributed by atoms with Crippen LogP contribution in [0, 0.1) is 0 Å². The van der Waals surface area contributed by atoms with E-state index in [-0.39, 0.29) is 16.9 Å². The Morgan fingerprint density at radius 3 is 2.69 bits per heavy atom. The molecule has 2 N–H and O–H groups in total. The van der Waals surface area contributed by atoms with Crippen LogP contribution in [0.3, 0.4) is 0 Å². The third-order valence-electron chi connectivity index (χ3n) is 3.94. The van der Waals surface area contributed by atoms with Gasteiger partial charge in [0.25, 0.3) is 0 Å². The Morgan fingerprint density at radius 1 is 1.14 bits per heavy atom. The maximum atomic E-state index is 12.5. The number of hydrogen-bond acceptors (Lipinski definition) is 8. The lowest BCUT2D eigenvalue weighted by atomic mass is 10.1. The summed E-state index contributed by atoms with van der Waals surface area (Å²) in [5.41, 5.74) is 1.93. The Hall–Kier alpha value is -2.91. The van der Waals surface area contributed by atoms with Crippen molar-refractivity contribution in [3.8, 4) is 5.75 Å². The number of hydrogen-bond donors (Lipinski definition) is 2. The molecule has 150 valence electrons. The fourth-order valence-corrected chi connectivity index (χ4v) is 4.34. The zero-order valence-corrected chi connectivity index (χ0v) is 17.8. The molecule has 0 aliphatic heterocycles. The molecule has 0 saturated carbocycles. The quantitative estimate of drug-likeness (QED) is 0.400. The lowest BCUT2D eigenvalue weighted by molar-refractivity contribution is -0.115. The average Bonchev–Trinajstić information content (AvgIpc) is 3.15. The predicted octanol–water partition coefficient (Wildman–Crippen LogP) is 4.61. The van der Waals surface area contributed by atoms with E-state index in [0.717, 1.165) is 5.69 Å². The normalized spacial score (nSPS) is 11.6. The number of para-hydroxylation sites is 2. The lowest BCUT2D eigenvalue weighted by Crippen LogP contribution is -2.22. The summed E-state index contributed by atoms with van der Waals surface area (Å²) >= 11 is 2.67. The number of amides is 1. The monoisotopic (exact) mass is 428 g/mol. The highest BCUT2D eigenvalue weighted by molar-refractivity contribution is 8.02. The molecule has 0 saturated heterocycles. The second kappa shape index (κ2) is 9.53. The van der Waals surface area contributed by atoms with Gasteiger partial charge in [0.15, 0.2) is 10.1 Å². The first-order valence-electron chi connectivity index (χ1n) is 8.78. The fourth-order valence-electron chi connectivity index (χ4n) is 2.44. The number of thioether (sulfide) groups is 1. The lowest BCUT2D eigenvalue weighted by Gasteiger charge is -2.11. The number of anilines is 3. The van der Waals surface area contributed by atoms with Gasteiger partial charge in [0.2, 0.25) is 11.0 Å². The molecule has 1 aromatic heterocycles. The predicted molar refractivity (Wildman–Crippen MR) is 117 cm³/mol. The Balaban J connectivity index is 1.61. The van der Waals surface area contributed by atoms with Crippen molar-refractivity contribution >= 4 is 51.3 Å². The maximum Gasteiger partial charge on any atom is 0.237 e. The van der Waals surface area contributed by atoms with Gasteiger partial charge in [0.05, 0.1) is 18.0 Å². The number of nitrogens with one attached hydrogen (secondary N) is 2. The number of Topliss-reactive ketones (excluding diaryl/α,β-unsaturated/α-hetero) is 1. The zero-order chi connectivity index (χ0) is 20.8. The summed E-state index contributed by atoms with van der Waals surface area (Å²) in [5.74, 6) is 0.482. The average molecular weight is 429 g/mol. The number of methoxy groups -OCH3 is 1. The van der Waals surface area contributed by atoms with Gasteiger partial charge in [-0.15, -0.1) is 10.2 Å². The summed E-state index contributed by atoms with van der Waals surface area (Å²) in [7, 11) is 1.61. The number of carbonyl (C=O) groups excluding carboxylic acids is 2. The number of carbonyl (C=O) groups is 2. The molecular weight excluding hydrogens is 408 g/mol. The highest BCUT2D eigenvalue weighted by Gasteiger charge is 2.18. The standard InChI is InChI=1S/C20H20N4O3S2/c1-12(25)14-7-6-8-15(11-14)21-18(26)13(2)28-20-24-23-19(29-20)22-16-9-4-5-10-17(16)27-3/h4-11,13H,1-3H3,(H,21,26)(H,22,23)/t13-/m1/s1. The molecule has 0 aliphatic rings. The summed E-state index contributed by atoms with van der Waals surface area (Å²) < 4.78 is 5.98. The number of aromatic nitrogens is 2. The van der Waals surface area contributed by atoms with Crippen LogP contribution < -0.4 is 15.4 Å². The zero-order valence-electron chi connectivity index (χ0n) is 16.1. The molecule has 0 unspecified atom stereocenters. The number of nitrogens with zero attached hydrogens (tertiary/aromatic N) is 2. The maximum absolute atomic E-state index is 12.5. The van der Waals surface area contributed by atoms with Crippen molar-refractivity contribution < 1.29 is 14.3 Å². The minimum absolute atomic E-state index is 0.0486. The van der Waals surface area contributed by atoms with E-state index >= 15 is 0 Å². The molecule has 1 atom stereocenters. The molecule has 1 heterocycles. The topological polar surface area (TPSA) is 93.2 Å². The van der Waals surface area contributed by atoms with Gasteiger partial charge in [-0.2, -0.15) is 0 Å². The van der Waals surface area contributed by atoms with Gasteiger partial charge in [-0.3, -0.25) is 9.59 Å². The summed E-state index contributed by atoms with van der Waals surface area (Å²) in [6, 6.07) is 14.4. The van der Waals surface area contributed by atoms with Crippen molar-refractivity contribution in [1.29, 1.82) is 0 Å². The van der Waals surface area contributed by atoms with Crippen LogP contribution in [0.5, 0.6) is 5.75 Å². The minimum Gasteiger partial charge on any atom is -0.495 e. The summed E-state index contributed by atoms with van der Waals surface area (Å²) in [5, 5.41) is 14.5. The second-order valence-corrected chi connectivity index (χ2v) is 8.65. The SMILES string of the molecule is COc1ccccc1Nc1nnc(S[C@H](C)C(=O)Nc2cccc(C(C)=O)c2)s1. The Morgan fingerprint density at radius 2 is 1.93 bits per heavy atom. The van der Waals surface area contributed by atoms with Crippen molar-refractivity contribution in [2.24, 2.45) is 0 Å². The van der Waals surface area contributed by atoms with E-state index in [1.165, 1.54) is 30.0 Å². The molecule has 2 aromatic carbocycles. The fraction of sp³-hybridized carbons (Fsp3) is 0.200. The number of rotatable bonds is 8. The molecule has 3 rings (SSSR count). The Labute approximate surface area is 176 Å². The molecule has 0 radical (unpaired) electrons. The molecule has 1 amide bonds. The number of ether oxygens (including phenoxy) is 1. The van der Waals surface area contributed by atoms with Crippen molar-refractivity contribution in [2.45, 2.75) is 23.4 Å². The Bertz CT molecular complexity index is 1020. The molecule has 29 heavy (non-hydrogen) atoms.